The molecule has 2 aromatic rings. The summed E-state index contributed by atoms with van der Waals surface area (Å²) in [6.45, 7) is 4.48. The number of nitrogens with zero attached hydrogens (tertiary/aromatic N) is 1. The first kappa shape index (κ1) is 18.5. The number of carbonyl (C=O) groups excluding carboxylic acids is 1. The lowest BCUT2D eigenvalue weighted by atomic mass is 10.1. The molecule has 0 aromatic heterocycles. The lowest BCUT2D eigenvalue weighted by Gasteiger charge is -2.28. The number of benzene rings is 2. The summed E-state index contributed by atoms with van der Waals surface area (Å²) in [4.78, 5) is 12.7. The fourth-order valence-corrected chi connectivity index (χ4v) is 4.73. The highest BCUT2D eigenvalue weighted by atomic mass is 32.2. The van der Waals surface area contributed by atoms with E-state index in [0.29, 0.717) is 24.2 Å². The normalized spacial score (nSPS) is 16.3. The molecule has 138 valence electrons. The number of hydrogen-bond donors (Lipinski definition) is 1. The second-order valence-electron chi connectivity index (χ2n) is 6.60. The first-order valence-electron chi connectivity index (χ1n) is 8.92. The Morgan fingerprint density at radius 2 is 1.96 bits per heavy atom. The van der Waals surface area contributed by atoms with E-state index in [9.17, 15) is 13.2 Å². The van der Waals surface area contributed by atoms with Gasteiger partial charge in [0.1, 0.15) is 0 Å². The molecule has 0 atom stereocenters. The largest absolute Gasteiger partial charge is 0.322 e. The zero-order chi connectivity index (χ0) is 18.7. The molecular formula is C20H24N2O3S. The van der Waals surface area contributed by atoms with Crippen LogP contribution in [0.5, 0.6) is 0 Å². The van der Waals surface area contributed by atoms with Crippen LogP contribution in [-0.4, -0.2) is 26.6 Å². The number of nitrogens with one attached hydrogen (secondary N) is 1. The van der Waals surface area contributed by atoms with Gasteiger partial charge in [0.05, 0.1) is 11.4 Å². The second-order valence-corrected chi connectivity index (χ2v) is 8.62. The summed E-state index contributed by atoms with van der Waals surface area (Å²) in [5.41, 5.74) is 3.93. The van der Waals surface area contributed by atoms with E-state index >= 15 is 0 Å². The highest BCUT2D eigenvalue weighted by molar-refractivity contribution is 7.92. The average molecular weight is 372 g/mol. The molecule has 0 aliphatic carbocycles. The minimum Gasteiger partial charge on any atom is -0.322 e. The number of hydrogen-bond acceptors (Lipinski definition) is 3. The van der Waals surface area contributed by atoms with Gasteiger partial charge in [0.15, 0.2) is 0 Å². The van der Waals surface area contributed by atoms with Crippen molar-refractivity contribution < 1.29 is 13.2 Å². The van der Waals surface area contributed by atoms with Gasteiger partial charge in [0, 0.05) is 17.8 Å². The van der Waals surface area contributed by atoms with Gasteiger partial charge < -0.3 is 5.32 Å². The molecule has 2 aromatic carbocycles. The molecule has 1 saturated heterocycles. The Labute approximate surface area is 155 Å². The van der Waals surface area contributed by atoms with Gasteiger partial charge in [-0.3, -0.25) is 9.10 Å². The van der Waals surface area contributed by atoms with E-state index < -0.39 is 10.0 Å². The highest BCUT2D eigenvalue weighted by Gasteiger charge is 2.26. The van der Waals surface area contributed by atoms with E-state index in [1.807, 2.05) is 25.1 Å². The van der Waals surface area contributed by atoms with E-state index in [2.05, 4.69) is 12.2 Å². The molecule has 0 unspecified atom stereocenters. The predicted octanol–water partition coefficient (Wildman–Crippen LogP) is 3.74. The second kappa shape index (κ2) is 7.50. The van der Waals surface area contributed by atoms with Crippen molar-refractivity contribution in [2.24, 2.45) is 0 Å². The van der Waals surface area contributed by atoms with Crippen molar-refractivity contribution in [3.05, 3.63) is 59.2 Å². The number of sulfonamides is 1. The van der Waals surface area contributed by atoms with Crippen LogP contribution in [0.2, 0.25) is 0 Å². The van der Waals surface area contributed by atoms with Gasteiger partial charge in [-0.15, -0.1) is 0 Å². The van der Waals surface area contributed by atoms with Gasteiger partial charge in [-0.1, -0.05) is 25.1 Å². The number of rotatable bonds is 4. The first-order chi connectivity index (χ1) is 12.4. The summed E-state index contributed by atoms with van der Waals surface area (Å²) in [6.07, 6.45) is 2.41. The minimum atomic E-state index is -3.29. The Kier molecular flexibility index (Phi) is 5.32. The standard InChI is InChI=1S/C20H24N2O3S/c1-3-16-10-9-15(2)19(13-16)21-20(23)17-7-6-8-18(14-17)22-11-4-5-12-26(22,24)25/h6-10,13-14H,3-5,11-12H2,1-2H3,(H,21,23). The lowest BCUT2D eigenvalue weighted by molar-refractivity contribution is 0.102. The maximum Gasteiger partial charge on any atom is 0.255 e. The third-order valence-corrected chi connectivity index (χ3v) is 6.57. The maximum atomic E-state index is 12.7. The summed E-state index contributed by atoms with van der Waals surface area (Å²) in [5.74, 6) is -0.0792. The fraction of sp³-hybridized carbons (Fsp3) is 0.350. The number of aryl methyl sites for hydroxylation is 2. The molecule has 1 aliphatic rings. The van der Waals surface area contributed by atoms with Crippen LogP contribution < -0.4 is 9.62 Å². The van der Waals surface area contributed by atoms with Crippen molar-refractivity contribution in [2.75, 3.05) is 21.9 Å². The summed E-state index contributed by atoms with van der Waals surface area (Å²) < 4.78 is 26.0. The monoisotopic (exact) mass is 372 g/mol. The quantitative estimate of drug-likeness (QED) is 0.889. The molecule has 6 heteroatoms. The Morgan fingerprint density at radius 3 is 2.69 bits per heavy atom. The van der Waals surface area contributed by atoms with E-state index in [0.717, 1.165) is 29.7 Å². The number of carbonyl (C=O) groups is 1. The van der Waals surface area contributed by atoms with Crippen molar-refractivity contribution >= 4 is 27.3 Å². The van der Waals surface area contributed by atoms with Gasteiger partial charge in [0.25, 0.3) is 5.91 Å². The molecule has 1 aliphatic heterocycles. The van der Waals surface area contributed by atoms with Crippen molar-refractivity contribution in [3.8, 4) is 0 Å². The van der Waals surface area contributed by atoms with Gasteiger partial charge in [-0.05, 0) is 61.6 Å². The van der Waals surface area contributed by atoms with Gasteiger partial charge in [-0.2, -0.15) is 0 Å². The minimum absolute atomic E-state index is 0.159. The zero-order valence-electron chi connectivity index (χ0n) is 15.2. The van der Waals surface area contributed by atoms with Crippen LogP contribution >= 0.6 is 0 Å². The van der Waals surface area contributed by atoms with Crippen molar-refractivity contribution in [1.82, 2.24) is 0 Å². The van der Waals surface area contributed by atoms with Crippen LogP contribution in [0.15, 0.2) is 42.5 Å². The molecule has 5 nitrogen and oxygen atoms in total. The van der Waals surface area contributed by atoms with Crippen LogP contribution in [0.25, 0.3) is 0 Å². The van der Waals surface area contributed by atoms with Crippen molar-refractivity contribution in [2.45, 2.75) is 33.1 Å². The summed E-state index contributed by atoms with van der Waals surface area (Å²) >= 11 is 0. The maximum absolute atomic E-state index is 12.7. The van der Waals surface area contributed by atoms with Crippen molar-refractivity contribution in [3.63, 3.8) is 0 Å². The first-order valence-corrected chi connectivity index (χ1v) is 10.5. The Bertz CT molecular complexity index is 922. The predicted molar refractivity (Wildman–Crippen MR) is 105 cm³/mol. The molecule has 1 heterocycles. The Hall–Kier alpha value is -2.34. The van der Waals surface area contributed by atoms with Crippen LogP contribution in [0.1, 0.15) is 41.3 Å². The Balaban J connectivity index is 1.85. The van der Waals surface area contributed by atoms with Crippen LogP contribution in [0, 0.1) is 6.92 Å². The lowest BCUT2D eigenvalue weighted by Crippen LogP contribution is -2.37. The molecular weight excluding hydrogens is 348 g/mol. The van der Waals surface area contributed by atoms with Crippen LogP contribution in [0.3, 0.4) is 0 Å². The molecule has 1 fully saturated rings. The van der Waals surface area contributed by atoms with Gasteiger partial charge in [0.2, 0.25) is 10.0 Å². The van der Waals surface area contributed by atoms with E-state index in [1.165, 1.54) is 4.31 Å². The molecule has 26 heavy (non-hydrogen) atoms. The SMILES string of the molecule is CCc1ccc(C)c(NC(=O)c2cccc(N3CCCCS3(=O)=O)c2)c1. The molecule has 0 saturated carbocycles. The zero-order valence-corrected chi connectivity index (χ0v) is 16.0. The third kappa shape index (κ3) is 3.90. The van der Waals surface area contributed by atoms with Crippen LogP contribution in [0.4, 0.5) is 11.4 Å². The third-order valence-electron chi connectivity index (χ3n) is 4.70. The topological polar surface area (TPSA) is 66.5 Å². The molecule has 0 bridgehead atoms. The van der Waals surface area contributed by atoms with Gasteiger partial charge >= 0.3 is 0 Å². The van der Waals surface area contributed by atoms with E-state index in [4.69, 9.17) is 0 Å². The van der Waals surface area contributed by atoms with Gasteiger partial charge in [-0.25, -0.2) is 8.42 Å². The molecule has 1 amide bonds. The number of amides is 1. The summed E-state index contributed by atoms with van der Waals surface area (Å²) in [7, 11) is -3.29. The average Bonchev–Trinajstić information content (AvgIpc) is 2.63. The molecule has 3 rings (SSSR count). The van der Waals surface area contributed by atoms with Crippen LogP contribution in [-0.2, 0) is 16.4 Å². The summed E-state index contributed by atoms with van der Waals surface area (Å²) in [6, 6.07) is 12.8. The number of anilines is 2. The van der Waals surface area contributed by atoms with E-state index in [1.54, 1.807) is 24.3 Å². The van der Waals surface area contributed by atoms with E-state index in [-0.39, 0.29) is 11.7 Å². The molecule has 0 spiro atoms. The highest BCUT2D eigenvalue weighted by Crippen LogP contribution is 2.25. The fourth-order valence-electron chi connectivity index (χ4n) is 3.10. The molecule has 1 N–H and O–H groups in total. The Morgan fingerprint density at radius 1 is 1.15 bits per heavy atom. The summed E-state index contributed by atoms with van der Waals surface area (Å²) in [5, 5.41) is 2.95. The smallest absolute Gasteiger partial charge is 0.255 e. The van der Waals surface area contributed by atoms with Crippen molar-refractivity contribution in [1.29, 1.82) is 0 Å². The molecule has 0 radical (unpaired) electrons.